The van der Waals surface area contributed by atoms with E-state index >= 15 is 0 Å². The predicted molar refractivity (Wildman–Crippen MR) is 67.9 cm³/mol. The molecule has 2 fully saturated rings. The normalized spacial score (nSPS) is 40.1. The van der Waals surface area contributed by atoms with E-state index < -0.39 is 5.60 Å². The van der Waals surface area contributed by atoms with Gasteiger partial charge in [0.05, 0.1) is 6.10 Å². The van der Waals surface area contributed by atoms with Gasteiger partial charge in [-0.05, 0) is 32.2 Å². The molecule has 0 aromatic rings. The lowest BCUT2D eigenvalue weighted by Gasteiger charge is -2.27. The third-order valence-electron chi connectivity index (χ3n) is 4.53. The summed E-state index contributed by atoms with van der Waals surface area (Å²) in [5, 5.41) is 13.2. The number of carbonyl (C=O) groups excluding carboxylic acids is 1. The summed E-state index contributed by atoms with van der Waals surface area (Å²) in [5.41, 5.74) is 4.77. The van der Waals surface area contributed by atoms with Gasteiger partial charge < -0.3 is 20.9 Å². The van der Waals surface area contributed by atoms with Crippen molar-refractivity contribution in [1.82, 2.24) is 5.32 Å². The second-order valence-corrected chi connectivity index (χ2v) is 5.62. The number of aliphatic hydroxyl groups is 1. The molecule has 4 atom stereocenters. The molecule has 0 spiro atoms. The van der Waals surface area contributed by atoms with Crippen molar-refractivity contribution in [2.75, 3.05) is 19.7 Å². The summed E-state index contributed by atoms with van der Waals surface area (Å²) in [6.45, 7) is 3.25. The summed E-state index contributed by atoms with van der Waals surface area (Å²) >= 11 is 0. The Kier molecular flexibility index (Phi) is 4.25. The van der Waals surface area contributed by atoms with Gasteiger partial charge in [-0.15, -0.1) is 0 Å². The Morgan fingerprint density at radius 3 is 2.94 bits per heavy atom. The van der Waals surface area contributed by atoms with Crippen LogP contribution in [0.4, 0.5) is 0 Å². The Hall–Kier alpha value is -0.650. The van der Waals surface area contributed by atoms with E-state index in [1.54, 1.807) is 0 Å². The molecule has 18 heavy (non-hydrogen) atoms. The summed E-state index contributed by atoms with van der Waals surface area (Å²) in [5.74, 6) is 0.364. The van der Waals surface area contributed by atoms with Crippen LogP contribution in [0.25, 0.3) is 0 Å². The number of nitrogens with one attached hydrogen (secondary N) is 1. The topological polar surface area (TPSA) is 84.6 Å². The number of hydrogen-bond acceptors (Lipinski definition) is 4. The van der Waals surface area contributed by atoms with Crippen molar-refractivity contribution >= 4 is 5.91 Å². The van der Waals surface area contributed by atoms with Gasteiger partial charge in [-0.3, -0.25) is 4.79 Å². The highest BCUT2D eigenvalue weighted by Gasteiger charge is 2.40. The van der Waals surface area contributed by atoms with E-state index in [1.807, 2.05) is 6.92 Å². The summed E-state index contributed by atoms with van der Waals surface area (Å²) in [4.78, 5) is 12.1. The maximum atomic E-state index is 12.1. The van der Waals surface area contributed by atoms with Gasteiger partial charge in [0.2, 0.25) is 5.91 Å². The van der Waals surface area contributed by atoms with Gasteiger partial charge in [-0.25, -0.2) is 0 Å². The quantitative estimate of drug-likeness (QED) is 0.662. The number of ether oxygens (including phenoxy) is 1. The van der Waals surface area contributed by atoms with Crippen LogP contribution in [0.15, 0.2) is 0 Å². The highest BCUT2D eigenvalue weighted by Crippen LogP contribution is 2.31. The van der Waals surface area contributed by atoms with Gasteiger partial charge in [0, 0.05) is 25.5 Å². The zero-order valence-corrected chi connectivity index (χ0v) is 11.0. The maximum absolute atomic E-state index is 12.1. The van der Waals surface area contributed by atoms with Crippen LogP contribution in [-0.4, -0.2) is 42.4 Å². The first-order valence-electron chi connectivity index (χ1n) is 6.88. The first-order valence-corrected chi connectivity index (χ1v) is 6.88. The van der Waals surface area contributed by atoms with Crippen molar-refractivity contribution < 1.29 is 14.6 Å². The molecule has 4 N–H and O–H groups in total. The Balaban J connectivity index is 1.84. The number of amides is 1. The lowest BCUT2D eigenvalue weighted by molar-refractivity contribution is -0.127. The van der Waals surface area contributed by atoms with Crippen LogP contribution in [0.1, 0.15) is 32.6 Å². The van der Waals surface area contributed by atoms with E-state index in [-0.39, 0.29) is 24.5 Å². The molecule has 1 heterocycles. The standard InChI is InChI=1S/C13H24N2O3/c1-9-13(17,5-6-18-9)8-15-12(16)11-4-2-3-10(11)7-14/h9-11,17H,2-8,14H2,1H3,(H,15,16). The molecule has 5 nitrogen and oxygen atoms in total. The van der Waals surface area contributed by atoms with Gasteiger partial charge in [0.25, 0.3) is 0 Å². The lowest BCUT2D eigenvalue weighted by atomic mass is 9.93. The van der Waals surface area contributed by atoms with Gasteiger partial charge >= 0.3 is 0 Å². The average molecular weight is 256 g/mol. The summed E-state index contributed by atoms with van der Waals surface area (Å²) in [6, 6.07) is 0. The predicted octanol–water partition coefficient (Wildman–Crippen LogP) is 0.0175. The number of rotatable bonds is 4. The molecular formula is C13H24N2O3. The lowest BCUT2D eigenvalue weighted by Crippen LogP contribution is -2.49. The SMILES string of the molecule is CC1OCCC1(O)CNC(=O)C1CCCC1CN. The van der Waals surface area contributed by atoms with Crippen LogP contribution in [0.2, 0.25) is 0 Å². The summed E-state index contributed by atoms with van der Waals surface area (Å²) < 4.78 is 5.35. The molecule has 2 rings (SSSR count). The van der Waals surface area contributed by atoms with Crippen LogP contribution in [0.3, 0.4) is 0 Å². The monoisotopic (exact) mass is 256 g/mol. The van der Waals surface area contributed by atoms with E-state index in [1.165, 1.54) is 0 Å². The Bertz CT molecular complexity index is 311. The second-order valence-electron chi connectivity index (χ2n) is 5.62. The van der Waals surface area contributed by atoms with Crippen LogP contribution in [0.5, 0.6) is 0 Å². The molecule has 0 aromatic carbocycles. The van der Waals surface area contributed by atoms with Crippen LogP contribution in [-0.2, 0) is 9.53 Å². The third-order valence-corrected chi connectivity index (χ3v) is 4.53. The molecule has 104 valence electrons. The zero-order valence-electron chi connectivity index (χ0n) is 11.0. The molecular weight excluding hydrogens is 232 g/mol. The smallest absolute Gasteiger partial charge is 0.223 e. The van der Waals surface area contributed by atoms with Crippen molar-refractivity contribution in [3.05, 3.63) is 0 Å². The average Bonchev–Trinajstić information content (AvgIpc) is 2.95. The molecule has 5 heteroatoms. The van der Waals surface area contributed by atoms with E-state index in [9.17, 15) is 9.90 Å². The van der Waals surface area contributed by atoms with Gasteiger partial charge in [-0.2, -0.15) is 0 Å². The van der Waals surface area contributed by atoms with E-state index in [2.05, 4.69) is 5.32 Å². The molecule has 1 amide bonds. The van der Waals surface area contributed by atoms with Gasteiger partial charge in [-0.1, -0.05) is 6.42 Å². The van der Waals surface area contributed by atoms with Crippen LogP contribution >= 0.6 is 0 Å². The summed E-state index contributed by atoms with van der Waals surface area (Å²) in [7, 11) is 0. The molecule has 2 aliphatic rings. The van der Waals surface area contributed by atoms with Gasteiger partial charge in [0.15, 0.2) is 0 Å². The largest absolute Gasteiger partial charge is 0.385 e. The Morgan fingerprint density at radius 1 is 1.56 bits per heavy atom. The minimum atomic E-state index is -0.910. The Morgan fingerprint density at radius 2 is 2.33 bits per heavy atom. The molecule has 1 saturated carbocycles. The van der Waals surface area contributed by atoms with E-state index in [0.29, 0.717) is 25.5 Å². The summed E-state index contributed by atoms with van der Waals surface area (Å²) in [6.07, 6.45) is 3.39. The van der Waals surface area contributed by atoms with E-state index in [4.69, 9.17) is 10.5 Å². The molecule has 4 unspecified atom stereocenters. The van der Waals surface area contributed by atoms with E-state index in [0.717, 1.165) is 19.3 Å². The minimum absolute atomic E-state index is 0.0243. The highest BCUT2D eigenvalue weighted by atomic mass is 16.5. The molecule has 1 aliphatic heterocycles. The number of carbonyl (C=O) groups is 1. The molecule has 1 saturated heterocycles. The van der Waals surface area contributed by atoms with Crippen molar-refractivity contribution in [3.63, 3.8) is 0 Å². The van der Waals surface area contributed by atoms with Crippen molar-refractivity contribution in [3.8, 4) is 0 Å². The fourth-order valence-corrected chi connectivity index (χ4v) is 3.04. The van der Waals surface area contributed by atoms with Crippen molar-refractivity contribution in [1.29, 1.82) is 0 Å². The second kappa shape index (κ2) is 5.55. The highest BCUT2D eigenvalue weighted by molar-refractivity contribution is 5.79. The van der Waals surface area contributed by atoms with Gasteiger partial charge in [0.1, 0.15) is 5.60 Å². The van der Waals surface area contributed by atoms with Crippen molar-refractivity contribution in [2.45, 2.75) is 44.3 Å². The van der Waals surface area contributed by atoms with Crippen LogP contribution < -0.4 is 11.1 Å². The first kappa shape index (κ1) is 13.8. The van der Waals surface area contributed by atoms with Crippen LogP contribution in [0, 0.1) is 11.8 Å². The zero-order chi connectivity index (χ0) is 13.2. The molecule has 0 bridgehead atoms. The Labute approximate surface area is 108 Å². The third kappa shape index (κ3) is 2.68. The van der Waals surface area contributed by atoms with Crippen molar-refractivity contribution in [2.24, 2.45) is 17.6 Å². The number of nitrogens with two attached hydrogens (primary N) is 1. The molecule has 1 aliphatic carbocycles. The first-order chi connectivity index (χ1) is 8.57. The molecule has 0 radical (unpaired) electrons. The molecule has 0 aromatic heterocycles. The maximum Gasteiger partial charge on any atom is 0.223 e. The fraction of sp³-hybridized carbons (Fsp3) is 0.923. The number of hydrogen-bond donors (Lipinski definition) is 3. The minimum Gasteiger partial charge on any atom is -0.385 e. The fourth-order valence-electron chi connectivity index (χ4n) is 3.04.